The number of nitrogens with one attached hydrogen (secondary N) is 2. The molecule has 0 heterocycles. The molecule has 41 heavy (non-hydrogen) atoms. The van der Waals surface area contributed by atoms with E-state index < -0.39 is 24.2 Å². The van der Waals surface area contributed by atoms with Crippen LogP contribution in [-0.2, 0) is 25.7 Å². The van der Waals surface area contributed by atoms with Gasteiger partial charge in [-0.05, 0) is 53.5 Å². The Morgan fingerprint density at radius 3 is 2.10 bits per heavy atom. The highest BCUT2D eigenvalue weighted by Gasteiger charge is 2.29. The molecular weight excluding hydrogens is 520 g/mol. The van der Waals surface area contributed by atoms with Crippen molar-refractivity contribution >= 4 is 18.0 Å². The van der Waals surface area contributed by atoms with Crippen LogP contribution in [0.4, 0.5) is 4.79 Å². The Labute approximate surface area is 241 Å². The van der Waals surface area contributed by atoms with Crippen LogP contribution >= 0.6 is 0 Å². The van der Waals surface area contributed by atoms with Gasteiger partial charge in [0.2, 0.25) is 5.91 Å². The van der Waals surface area contributed by atoms with E-state index in [9.17, 15) is 19.5 Å². The van der Waals surface area contributed by atoms with E-state index in [1.165, 1.54) is 11.1 Å². The normalized spacial score (nSPS) is 14.3. The van der Waals surface area contributed by atoms with Crippen molar-refractivity contribution in [2.75, 3.05) is 13.2 Å². The second-order valence-electron chi connectivity index (χ2n) is 10.6. The minimum atomic E-state index is -1.14. The molecule has 0 aromatic heterocycles. The Morgan fingerprint density at radius 2 is 1.46 bits per heavy atom. The molecule has 8 nitrogen and oxygen atoms in total. The van der Waals surface area contributed by atoms with Gasteiger partial charge in [0.05, 0.1) is 12.7 Å². The summed E-state index contributed by atoms with van der Waals surface area (Å²) >= 11 is 0. The van der Waals surface area contributed by atoms with Gasteiger partial charge in [-0.15, -0.1) is 0 Å². The Bertz CT molecular complexity index is 1280. The molecule has 1 aliphatic rings. The van der Waals surface area contributed by atoms with Crippen molar-refractivity contribution in [3.05, 3.63) is 95.6 Å². The van der Waals surface area contributed by atoms with Crippen LogP contribution in [0.25, 0.3) is 11.1 Å². The van der Waals surface area contributed by atoms with E-state index in [2.05, 4.69) is 34.9 Å². The van der Waals surface area contributed by atoms with Crippen LogP contribution in [0, 0.1) is 5.92 Å². The van der Waals surface area contributed by atoms with Crippen molar-refractivity contribution in [2.24, 2.45) is 5.92 Å². The molecule has 3 aromatic carbocycles. The molecule has 0 bridgehead atoms. The largest absolute Gasteiger partial charge is 0.480 e. The van der Waals surface area contributed by atoms with Gasteiger partial charge in [-0.2, -0.15) is 0 Å². The first-order valence-electron chi connectivity index (χ1n) is 14.1. The SMILES string of the molecule is CC(CCNC(=O)OCC1c2ccccc2-c2ccccc21)CCC(=O)N[C@H](C(=O)O)[C@@H](C)OCc1ccccc1. The average molecular weight is 559 g/mol. The molecule has 0 radical (unpaired) electrons. The maximum atomic E-state index is 12.5. The maximum absolute atomic E-state index is 12.5. The molecule has 3 aromatic rings. The van der Waals surface area contributed by atoms with Crippen molar-refractivity contribution in [3.63, 3.8) is 0 Å². The summed E-state index contributed by atoms with van der Waals surface area (Å²) in [6.45, 7) is 4.57. The third-order valence-corrected chi connectivity index (χ3v) is 7.52. The van der Waals surface area contributed by atoms with Crippen LogP contribution in [0.1, 0.15) is 55.7 Å². The number of hydrogen-bond acceptors (Lipinski definition) is 5. The van der Waals surface area contributed by atoms with Crippen LogP contribution in [-0.4, -0.2) is 48.4 Å². The molecule has 216 valence electrons. The fraction of sp³-hybridized carbons (Fsp3) is 0.364. The number of rotatable bonds is 14. The number of carbonyl (C=O) groups excluding carboxylic acids is 2. The number of carboxylic acids is 1. The lowest BCUT2D eigenvalue weighted by Crippen LogP contribution is -2.48. The predicted octanol–water partition coefficient (Wildman–Crippen LogP) is 5.51. The first-order chi connectivity index (χ1) is 19.8. The number of amides is 2. The summed E-state index contributed by atoms with van der Waals surface area (Å²) in [7, 11) is 0. The topological polar surface area (TPSA) is 114 Å². The van der Waals surface area contributed by atoms with Gasteiger partial charge in [0, 0.05) is 18.9 Å². The maximum Gasteiger partial charge on any atom is 0.407 e. The standard InChI is InChI=1S/C33H38N2O6/c1-22(16-17-30(36)35-31(32(37)38)23(2)40-20-24-10-4-3-5-11-24)18-19-34-33(39)41-21-29-27-14-8-6-12-25(27)26-13-7-9-15-28(26)29/h3-15,22-23,29,31H,16-21H2,1-2H3,(H,34,39)(H,35,36)(H,37,38)/t22?,23-,31+/m1/s1. The number of carboxylic acid groups (broad SMARTS) is 1. The first kappa shape index (κ1) is 29.8. The molecular formula is C33H38N2O6. The third-order valence-electron chi connectivity index (χ3n) is 7.52. The van der Waals surface area contributed by atoms with Crippen LogP contribution in [0.2, 0.25) is 0 Å². The fourth-order valence-electron chi connectivity index (χ4n) is 5.12. The lowest BCUT2D eigenvalue weighted by Gasteiger charge is -2.22. The zero-order chi connectivity index (χ0) is 29.2. The molecule has 0 fully saturated rings. The smallest absolute Gasteiger partial charge is 0.407 e. The van der Waals surface area contributed by atoms with Crippen molar-refractivity contribution < 1.29 is 29.0 Å². The summed E-state index contributed by atoms with van der Waals surface area (Å²) in [4.78, 5) is 36.6. The second-order valence-corrected chi connectivity index (χ2v) is 10.6. The molecule has 0 saturated carbocycles. The summed E-state index contributed by atoms with van der Waals surface area (Å²) < 4.78 is 11.3. The number of ether oxygens (including phenoxy) is 2. The molecule has 2 amide bonds. The molecule has 8 heteroatoms. The van der Waals surface area contributed by atoms with E-state index in [1.807, 2.05) is 61.5 Å². The lowest BCUT2D eigenvalue weighted by atomic mass is 9.98. The number of hydrogen-bond donors (Lipinski definition) is 3. The highest BCUT2D eigenvalue weighted by Crippen LogP contribution is 2.44. The minimum Gasteiger partial charge on any atom is -0.480 e. The summed E-state index contributed by atoms with van der Waals surface area (Å²) in [6.07, 6.45) is 0.239. The van der Waals surface area contributed by atoms with E-state index in [0.29, 0.717) is 19.4 Å². The summed E-state index contributed by atoms with van der Waals surface area (Å²) in [6, 6.07) is 24.7. The molecule has 0 saturated heterocycles. The Kier molecular flexibility index (Phi) is 10.5. The first-order valence-corrected chi connectivity index (χ1v) is 14.1. The summed E-state index contributed by atoms with van der Waals surface area (Å²) in [5.74, 6) is -1.33. The molecule has 3 atom stereocenters. The van der Waals surface area contributed by atoms with E-state index in [1.54, 1.807) is 6.92 Å². The number of benzene rings is 3. The van der Waals surface area contributed by atoms with Crippen molar-refractivity contribution in [2.45, 2.75) is 57.8 Å². The molecule has 0 spiro atoms. The van der Waals surface area contributed by atoms with Gasteiger partial charge in [-0.3, -0.25) is 4.79 Å². The Hall–Kier alpha value is -4.17. The quantitative estimate of drug-likeness (QED) is 0.241. The number of fused-ring (bicyclic) bond motifs is 3. The zero-order valence-corrected chi connectivity index (χ0v) is 23.5. The minimum absolute atomic E-state index is 0.00618. The van der Waals surface area contributed by atoms with Gasteiger partial charge in [0.1, 0.15) is 6.61 Å². The number of aliphatic carboxylic acids is 1. The van der Waals surface area contributed by atoms with Crippen LogP contribution in [0.15, 0.2) is 78.9 Å². The lowest BCUT2D eigenvalue weighted by molar-refractivity contribution is -0.146. The van der Waals surface area contributed by atoms with Crippen LogP contribution in [0.5, 0.6) is 0 Å². The fourth-order valence-corrected chi connectivity index (χ4v) is 5.12. The molecule has 1 aliphatic carbocycles. The number of alkyl carbamates (subject to hydrolysis) is 1. The van der Waals surface area contributed by atoms with Gasteiger partial charge < -0.3 is 25.2 Å². The highest BCUT2D eigenvalue weighted by atomic mass is 16.5. The van der Waals surface area contributed by atoms with Crippen LogP contribution in [0.3, 0.4) is 0 Å². The molecule has 1 unspecified atom stereocenters. The van der Waals surface area contributed by atoms with Gasteiger partial charge in [0.25, 0.3) is 0 Å². The molecule has 4 rings (SSSR count). The number of carbonyl (C=O) groups is 3. The third kappa shape index (κ3) is 8.17. The molecule has 0 aliphatic heterocycles. The van der Waals surface area contributed by atoms with Gasteiger partial charge >= 0.3 is 12.1 Å². The van der Waals surface area contributed by atoms with Crippen LogP contribution < -0.4 is 10.6 Å². The van der Waals surface area contributed by atoms with E-state index >= 15 is 0 Å². The average Bonchev–Trinajstić information content (AvgIpc) is 3.30. The van der Waals surface area contributed by atoms with E-state index in [4.69, 9.17) is 9.47 Å². The van der Waals surface area contributed by atoms with E-state index in [-0.39, 0.29) is 37.4 Å². The van der Waals surface area contributed by atoms with Crippen molar-refractivity contribution in [1.82, 2.24) is 10.6 Å². The zero-order valence-electron chi connectivity index (χ0n) is 23.5. The van der Waals surface area contributed by atoms with E-state index in [0.717, 1.165) is 16.7 Å². The predicted molar refractivity (Wildman–Crippen MR) is 156 cm³/mol. The van der Waals surface area contributed by atoms with Crippen molar-refractivity contribution in [1.29, 1.82) is 0 Å². The summed E-state index contributed by atoms with van der Waals surface area (Å²) in [5.41, 5.74) is 5.61. The van der Waals surface area contributed by atoms with Gasteiger partial charge in [-0.1, -0.05) is 85.8 Å². The Morgan fingerprint density at radius 1 is 0.854 bits per heavy atom. The Balaban J connectivity index is 1.14. The highest BCUT2D eigenvalue weighted by molar-refractivity contribution is 5.84. The monoisotopic (exact) mass is 558 g/mol. The summed E-state index contributed by atoms with van der Waals surface area (Å²) in [5, 5.41) is 15.0. The molecule has 3 N–H and O–H groups in total. The van der Waals surface area contributed by atoms with Gasteiger partial charge in [-0.25, -0.2) is 9.59 Å². The second kappa shape index (κ2) is 14.5. The van der Waals surface area contributed by atoms with Crippen molar-refractivity contribution in [3.8, 4) is 11.1 Å². The van der Waals surface area contributed by atoms with Gasteiger partial charge in [0.15, 0.2) is 6.04 Å².